The number of aliphatic hydroxyl groups excluding tert-OH is 4. The minimum Gasteiger partial charge on any atom is -0.453 e. The number of nitrogens with two attached hydrogens (primary N) is 1. The van der Waals surface area contributed by atoms with Gasteiger partial charge in [-0.05, 0) is 57.3 Å². The van der Waals surface area contributed by atoms with Gasteiger partial charge in [0.1, 0.15) is 29.9 Å². The van der Waals surface area contributed by atoms with Crippen molar-refractivity contribution in [2.45, 2.75) is 115 Å². The lowest BCUT2D eigenvalue weighted by molar-refractivity contribution is -0.138. The van der Waals surface area contributed by atoms with Gasteiger partial charge in [-0.1, -0.05) is 19.8 Å². The van der Waals surface area contributed by atoms with E-state index in [9.17, 15) is 48.0 Å². The molecule has 4 aliphatic heterocycles. The Hall–Kier alpha value is -6.83. The van der Waals surface area contributed by atoms with E-state index in [0.29, 0.717) is 55.5 Å². The standard InChI is InChI=1S/C27H39N7O6.C20H26N8O7S/c1-5-17(6-2)30-23-19-24(34(15-29-19)26-21(36)20(35)22(40-26)25(37)28-7-3)32-18(31-23)10-8-9-16-11-13-33(14-12-16)27(38)39-4;1-3-22-19(32)16-14(30)15(31)20(35-16)28-10-23-13-17(21)24-11(25-18(13)28)4-5-12(29)26-6-8-27(9-7-26)36(2,33)34/h15-17,20-22,26,35-36H,5-7,9,11-14H2,1-4H3,(H,28,37)(H,30,31,32);10,14-16,20,30-31H,3,6-9H2,1-2H3,(H,22,32)(H2,21,24,25)/t20-,21?,22+,26-;14-,15?,16+,20-/m11/s1. The van der Waals surface area contributed by atoms with Crippen LogP contribution in [0.1, 0.15) is 83.9 Å². The van der Waals surface area contributed by atoms with Crippen molar-refractivity contribution in [1.29, 1.82) is 0 Å². The molecular weight excluding hydrogens is 1010 g/mol. The number of rotatable bonds is 12. The monoisotopic (exact) mass is 1080 g/mol. The van der Waals surface area contributed by atoms with Gasteiger partial charge in [-0.25, -0.2) is 43.1 Å². The van der Waals surface area contributed by atoms with Gasteiger partial charge >= 0.3 is 6.09 Å². The Labute approximate surface area is 438 Å². The Morgan fingerprint density at radius 1 is 0.750 bits per heavy atom. The highest BCUT2D eigenvalue weighted by Gasteiger charge is 2.49. The number of amides is 4. The number of hydrogen-bond donors (Lipinski definition) is 8. The molecule has 4 saturated heterocycles. The summed E-state index contributed by atoms with van der Waals surface area (Å²) in [5.41, 5.74) is 7.12. The van der Waals surface area contributed by atoms with E-state index in [2.05, 4.69) is 83.4 Å². The molecule has 0 aliphatic carbocycles. The van der Waals surface area contributed by atoms with Gasteiger partial charge in [-0.15, -0.1) is 0 Å². The highest BCUT2D eigenvalue weighted by Crippen LogP contribution is 2.34. The van der Waals surface area contributed by atoms with Gasteiger partial charge in [0.05, 0.1) is 26.0 Å². The summed E-state index contributed by atoms with van der Waals surface area (Å²) in [5, 5.41) is 50.7. The molecule has 4 amide bonds. The number of hydrogen-bond acceptors (Lipinski definition) is 21. The lowest BCUT2D eigenvalue weighted by atomic mass is 9.94. The minimum atomic E-state index is -3.33. The first-order chi connectivity index (χ1) is 36.3. The first-order valence-corrected chi connectivity index (χ1v) is 26.8. The van der Waals surface area contributed by atoms with E-state index < -0.39 is 76.8 Å². The van der Waals surface area contributed by atoms with Crippen molar-refractivity contribution in [3.63, 3.8) is 0 Å². The van der Waals surface area contributed by atoms with Gasteiger partial charge < -0.3 is 66.1 Å². The first-order valence-electron chi connectivity index (χ1n) is 25.0. The van der Waals surface area contributed by atoms with Gasteiger partial charge in [0, 0.05) is 70.7 Å². The Bertz CT molecular complexity index is 2990. The van der Waals surface area contributed by atoms with Crippen LogP contribution in [0.3, 0.4) is 0 Å². The van der Waals surface area contributed by atoms with Crippen molar-refractivity contribution in [3.8, 4) is 23.7 Å². The molecule has 0 bridgehead atoms. The third kappa shape index (κ3) is 12.7. The molecule has 2 unspecified atom stereocenters. The quantitative estimate of drug-likeness (QED) is 0.0713. The smallest absolute Gasteiger partial charge is 0.409 e. The summed E-state index contributed by atoms with van der Waals surface area (Å²) in [4.78, 5) is 78.1. The molecule has 29 heteroatoms. The molecule has 0 spiro atoms. The van der Waals surface area contributed by atoms with E-state index in [0.717, 1.165) is 31.9 Å². The molecule has 4 aromatic rings. The van der Waals surface area contributed by atoms with Crippen LogP contribution >= 0.6 is 0 Å². The van der Waals surface area contributed by atoms with E-state index in [-0.39, 0.29) is 66.9 Å². The molecule has 8 atom stereocenters. The predicted molar refractivity (Wildman–Crippen MR) is 270 cm³/mol. The number of sulfonamides is 1. The Morgan fingerprint density at radius 2 is 1.28 bits per heavy atom. The maximum atomic E-state index is 12.5. The first kappa shape index (κ1) is 56.9. The number of likely N-dealkylation sites (tertiary alicyclic amines) is 1. The van der Waals surface area contributed by atoms with Crippen LogP contribution in [-0.2, 0) is 38.6 Å². The molecule has 0 radical (unpaired) electrons. The third-order valence-corrected chi connectivity index (χ3v) is 14.7. The zero-order valence-corrected chi connectivity index (χ0v) is 43.8. The molecule has 412 valence electrons. The molecular formula is C47H65N15O13S. The van der Waals surface area contributed by atoms with Crippen molar-refractivity contribution >= 4 is 67.8 Å². The number of piperidine rings is 1. The molecule has 9 N–H and O–H groups in total. The third-order valence-electron chi connectivity index (χ3n) is 13.4. The Balaban J connectivity index is 0.000000222. The van der Waals surface area contributed by atoms with E-state index in [1.54, 1.807) is 18.7 Å². The number of carbonyl (C=O) groups is 4. The molecule has 8 rings (SSSR count). The van der Waals surface area contributed by atoms with Crippen molar-refractivity contribution < 1.29 is 62.2 Å². The van der Waals surface area contributed by atoms with Crippen LogP contribution in [0.4, 0.5) is 16.4 Å². The van der Waals surface area contributed by atoms with Gasteiger partial charge in [0.15, 0.2) is 53.1 Å². The van der Waals surface area contributed by atoms with E-state index >= 15 is 0 Å². The fourth-order valence-corrected chi connectivity index (χ4v) is 9.85. The van der Waals surface area contributed by atoms with Crippen LogP contribution in [0.5, 0.6) is 0 Å². The number of carbonyl (C=O) groups excluding carboxylic acids is 4. The maximum absolute atomic E-state index is 12.5. The lowest BCUT2D eigenvalue weighted by Crippen LogP contribution is -2.50. The molecule has 76 heavy (non-hydrogen) atoms. The minimum absolute atomic E-state index is 0.0365. The normalized spacial score (nSPS) is 24.0. The second kappa shape index (κ2) is 24.9. The molecule has 8 heterocycles. The molecule has 0 saturated carbocycles. The molecule has 4 aliphatic rings. The van der Waals surface area contributed by atoms with Crippen molar-refractivity contribution in [2.24, 2.45) is 5.92 Å². The zero-order valence-electron chi connectivity index (χ0n) is 43.0. The number of ether oxygens (including phenoxy) is 3. The van der Waals surface area contributed by atoms with Crippen LogP contribution in [0.25, 0.3) is 22.3 Å². The largest absolute Gasteiger partial charge is 0.453 e. The summed E-state index contributed by atoms with van der Waals surface area (Å²) in [5.74, 6) is 10.7. The van der Waals surface area contributed by atoms with Crippen LogP contribution < -0.4 is 21.7 Å². The SMILES string of the molecule is CCNC(=O)[C@H]1O[C@@H](n2cnc3c(N)nc(C#CC(=O)N4CCN(S(C)(=O)=O)CC4)nc32)C(O)[C@H]1O.CCNC(=O)[C@H]1O[C@@H](n2cnc3c(NC(CC)CC)nc(C#CCC4CCN(C(=O)OC)CC4)nc32)C(O)[C@H]1O. The average molecular weight is 1080 g/mol. The number of nitrogens with one attached hydrogen (secondary N) is 3. The number of aromatic nitrogens is 8. The van der Waals surface area contributed by atoms with E-state index in [1.165, 1.54) is 38.1 Å². The molecule has 4 aromatic heterocycles. The number of piperazine rings is 1. The summed E-state index contributed by atoms with van der Waals surface area (Å²) >= 11 is 0. The van der Waals surface area contributed by atoms with Crippen molar-refractivity contribution in [1.82, 2.24) is 63.8 Å². The highest BCUT2D eigenvalue weighted by atomic mass is 32.2. The summed E-state index contributed by atoms with van der Waals surface area (Å²) < 4.78 is 43.6. The predicted octanol–water partition coefficient (Wildman–Crippen LogP) is -1.98. The highest BCUT2D eigenvalue weighted by molar-refractivity contribution is 7.88. The number of nitrogens with zero attached hydrogens (tertiary/aromatic N) is 11. The number of anilines is 2. The number of nitrogen functional groups attached to an aromatic ring is 1. The summed E-state index contributed by atoms with van der Waals surface area (Å²) in [6, 6.07) is 0.154. The van der Waals surface area contributed by atoms with Crippen LogP contribution in [0, 0.1) is 29.6 Å². The Kier molecular flexibility index (Phi) is 18.6. The summed E-state index contributed by atoms with van der Waals surface area (Å²) in [7, 11) is -1.94. The zero-order chi connectivity index (χ0) is 55.0. The average Bonchev–Trinajstić information content (AvgIpc) is 4.18. The number of methoxy groups -OCH3 is 1. The molecule has 0 aromatic carbocycles. The van der Waals surface area contributed by atoms with Gasteiger partial charge in [-0.3, -0.25) is 23.5 Å². The second-order valence-corrected chi connectivity index (χ2v) is 20.4. The van der Waals surface area contributed by atoms with Gasteiger partial charge in [0.25, 0.3) is 17.7 Å². The Morgan fingerprint density at radius 3 is 1.79 bits per heavy atom. The lowest BCUT2D eigenvalue weighted by Gasteiger charge is -2.31. The van der Waals surface area contributed by atoms with Gasteiger partial charge in [0.2, 0.25) is 21.7 Å². The number of likely N-dealkylation sites (N-methyl/N-ethyl adjacent to an activating group) is 2. The van der Waals surface area contributed by atoms with Gasteiger partial charge in [-0.2, -0.15) is 4.31 Å². The van der Waals surface area contributed by atoms with Crippen molar-refractivity contribution in [2.75, 3.05) is 76.8 Å². The molecule has 4 fully saturated rings. The topological polar surface area (TPSA) is 370 Å². The fraction of sp³-hybridized carbons (Fsp3) is 0.617. The van der Waals surface area contributed by atoms with Crippen LogP contribution in [-0.4, -0.2) is 214 Å². The fourth-order valence-electron chi connectivity index (χ4n) is 9.02. The second-order valence-electron chi connectivity index (χ2n) is 18.4. The van der Waals surface area contributed by atoms with Crippen LogP contribution in [0.2, 0.25) is 0 Å². The summed E-state index contributed by atoms with van der Waals surface area (Å²) in [6.07, 6.45) is -2.94. The summed E-state index contributed by atoms with van der Waals surface area (Å²) in [6.45, 7) is 10.3. The molecule has 28 nitrogen and oxygen atoms in total. The number of fused-ring (bicyclic) bond motifs is 2. The van der Waals surface area contributed by atoms with E-state index in [1.807, 2.05) is 0 Å². The number of imidazole rings is 2. The number of aliphatic hydroxyl groups is 4. The van der Waals surface area contributed by atoms with Crippen LogP contribution in [0.15, 0.2) is 12.7 Å². The van der Waals surface area contributed by atoms with E-state index in [4.69, 9.17) is 19.9 Å². The maximum Gasteiger partial charge on any atom is 0.409 e. The van der Waals surface area contributed by atoms with Crippen molar-refractivity contribution in [3.05, 3.63) is 24.3 Å².